The highest BCUT2D eigenvalue weighted by Crippen LogP contribution is 2.14. The summed E-state index contributed by atoms with van der Waals surface area (Å²) < 4.78 is 0. The third-order valence-electron chi connectivity index (χ3n) is 3.51. The van der Waals surface area contributed by atoms with Crippen LogP contribution in [0.25, 0.3) is 0 Å². The summed E-state index contributed by atoms with van der Waals surface area (Å²) in [6.07, 6.45) is 2.86. The van der Waals surface area contributed by atoms with E-state index in [0.717, 1.165) is 26.1 Å². The van der Waals surface area contributed by atoms with Crippen molar-refractivity contribution in [1.82, 2.24) is 9.88 Å². The molecule has 1 heterocycles. The first-order chi connectivity index (χ1) is 9.62. The van der Waals surface area contributed by atoms with Crippen LogP contribution in [0, 0.1) is 17.2 Å². The van der Waals surface area contributed by atoms with Gasteiger partial charge in [-0.3, -0.25) is 4.90 Å². The van der Waals surface area contributed by atoms with E-state index in [9.17, 15) is 0 Å². The van der Waals surface area contributed by atoms with Crippen molar-refractivity contribution in [3.63, 3.8) is 0 Å². The lowest BCUT2D eigenvalue weighted by Gasteiger charge is -2.31. The normalized spacial score (nSPS) is 12.4. The maximum absolute atomic E-state index is 9.09. The van der Waals surface area contributed by atoms with Gasteiger partial charge >= 0.3 is 0 Å². The third-order valence-corrected chi connectivity index (χ3v) is 3.51. The van der Waals surface area contributed by atoms with E-state index in [1.807, 2.05) is 0 Å². The highest BCUT2D eigenvalue weighted by atomic mass is 15.2. The Bertz CT molecular complexity index is 432. The van der Waals surface area contributed by atoms with Crippen LogP contribution in [0.4, 0.5) is 5.82 Å². The molecule has 0 saturated carbocycles. The molecule has 0 unspecified atom stereocenters. The molecular weight excluding hydrogens is 248 g/mol. The second-order valence-electron chi connectivity index (χ2n) is 5.40. The van der Waals surface area contributed by atoms with E-state index < -0.39 is 0 Å². The lowest BCUT2D eigenvalue weighted by Crippen LogP contribution is -2.41. The molecule has 20 heavy (non-hydrogen) atoms. The fourth-order valence-electron chi connectivity index (χ4n) is 2.50. The number of rotatable bonds is 8. The molecule has 0 bridgehead atoms. The largest absolute Gasteiger partial charge is 0.367 e. The predicted molar refractivity (Wildman–Crippen MR) is 83.6 cm³/mol. The van der Waals surface area contributed by atoms with Gasteiger partial charge in [0, 0.05) is 18.8 Å². The zero-order valence-electron chi connectivity index (χ0n) is 13.1. The topological polar surface area (TPSA) is 52.0 Å². The monoisotopic (exact) mass is 274 g/mol. The molecule has 0 spiro atoms. The maximum Gasteiger partial charge on any atom is 0.143 e. The van der Waals surface area contributed by atoms with Crippen molar-refractivity contribution >= 4 is 5.82 Å². The highest BCUT2D eigenvalue weighted by Gasteiger charge is 2.17. The van der Waals surface area contributed by atoms with Crippen molar-refractivity contribution in [1.29, 1.82) is 5.26 Å². The average molecular weight is 274 g/mol. The van der Waals surface area contributed by atoms with Crippen LogP contribution in [-0.2, 0) is 0 Å². The summed E-state index contributed by atoms with van der Waals surface area (Å²) in [6, 6.07) is 6.24. The smallest absolute Gasteiger partial charge is 0.143 e. The van der Waals surface area contributed by atoms with E-state index in [2.05, 4.69) is 49.0 Å². The first kappa shape index (κ1) is 16.5. The molecule has 1 rings (SSSR count). The summed E-state index contributed by atoms with van der Waals surface area (Å²) >= 11 is 0. The number of hydrogen-bond donors (Lipinski definition) is 1. The molecule has 110 valence electrons. The van der Waals surface area contributed by atoms with Gasteiger partial charge in [0.2, 0.25) is 0 Å². The minimum Gasteiger partial charge on any atom is -0.367 e. The number of nitrogens with zero attached hydrogens (tertiary/aromatic N) is 3. The van der Waals surface area contributed by atoms with E-state index in [-0.39, 0.29) is 0 Å². The fourth-order valence-corrected chi connectivity index (χ4v) is 2.50. The second kappa shape index (κ2) is 8.55. The van der Waals surface area contributed by atoms with Crippen LogP contribution in [0.2, 0.25) is 0 Å². The molecule has 4 nitrogen and oxygen atoms in total. The Labute approximate surface area is 122 Å². The van der Waals surface area contributed by atoms with Crippen molar-refractivity contribution < 1.29 is 0 Å². The molecule has 1 N–H and O–H groups in total. The van der Waals surface area contributed by atoms with Gasteiger partial charge in [-0.15, -0.1) is 0 Å². The number of nitrogens with one attached hydrogen (secondary N) is 1. The number of nitriles is 1. The summed E-state index contributed by atoms with van der Waals surface area (Å²) in [7, 11) is 0. The quantitative estimate of drug-likeness (QED) is 0.791. The zero-order valence-corrected chi connectivity index (χ0v) is 13.1. The Morgan fingerprint density at radius 1 is 1.35 bits per heavy atom. The molecule has 0 aliphatic heterocycles. The standard InChI is InChI=1S/C16H26N4/c1-5-20(6-2)15(10-13(3)4)12-19-16-14(11-17)8-7-9-18-16/h7-9,13,15H,5-6,10,12H2,1-4H3,(H,18,19)/t15-/m0/s1. The summed E-state index contributed by atoms with van der Waals surface area (Å²) in [5.41, 5.74) is 0.607. The van der Waals surface area contributed by atoms with E-state index >= 15 is 0 Å². The highest BCUT2D eigenvalue weighted by molar-refractivity contribution is 5.51. The molecule has 0 aliphatic rings. The maximum atomic E-state index is 9.09. The molecule has 0 aliphatic carbocycles. The lowest BCUT2D eigenvalue weighted by molar-refractivity contribution is 0.199. The summed E-state index contributed by atoms with van der Waals surface area (Å²) in [6.45, 7) is 11.8. The van der Waals surface area contributed by atoms with E-state index in [1.165, 1.54) is 0 Å². The van der Waals surface area contributed by atoms with Gasteiger partial charge in [0.15, 0.2) is 0 Å². The van der Waals surface area contributed by atoms with Crippen LogP contribution in [0.15, 0.2) is 18.3 Å². The minimum atomic E-state index is 0.471. The van der Waals surface area contributed by atoms with E-state index in [0.29, 0.717) is 23.3 Å². The Morgan fingerprint density at radius 2 is 2.05 bits per heavy atom. The Kier molecular flexibility index (Phi) is 7.03. The van der Waals surface area contributed by atoms with Crippen LogP contribution in [-0.4, -0.2) is 35.6 Å². The Hall–Kier alpha value is -1.60. The summed E-state index contributed by atoms with van der Waals surface area (Å²) in [5, 5.41) is 12.4. The zero-order chi connectivity index (χ0) is 15.0. The Morgan fingerprint density at radius 3 is 2.60 bits per heavy atom. The molecule has 4 heteroatoms. The minimum absolute atomic E-state index is 0.471. The summed E-state index contributed by atoms with van der Waals surface area (Å²) in [4.78, 5) is 6.72. The number of likely N-dealkylation sites (N-methyl/N-ethyl adjacent to an activating group) is 1. The van der Waals surface area contributed by atoms with Gasteiger partial charge in [0.1, 0.15) is 11.9 Å². The average Bonchev–Trinajstić information content (AvgIpc) is 2.45. The first-order valence-electron chi connectivity index (χ1n) is 7.45. The van der Waals surface area contributed by atoms with Crippen molar-refractivity contribution in [3.8, 4) is 6.07 Å². The van der Waals surface area contributed by atoms with Crippen LogP contribution in [0.3, 0.4) is 0 Å². The van der Waals surface area contributed by atoms with Crippen LogP contribution in [0.5, 0.6) is 0 Å². The van der Waals surface area contributed by atoms with Crippen LogP contribution in [0.1, 0.15) is 39.7 Å². The van der Waals surface area contributed by atoms with Crippen molar-refractivity contribution in [2.45, 2.75) is 40.2 Å². The number of hydrogen-bond acceptors (Lipinski definition) is 4. The van der Waals surface area contributed by atoms with Crippen molar-refractivity contribution in [2.24, 2.45) is 5.92 Å². The van der Waals surface area contributed by atoms with Gasteiger partial charge < -0.3 is 5.32 Å². The van der Waals surface area contributed by atoms with Gasteiger partial charge in [-0.25, -0.2) is 4.98 Å². The molecule has 0 amide bonds. The first-order valence-corrected chi connectivity index (χ1v) is 7.45. The second-order valence-corrected chi connectivity index (χ2v) is 5.40. The van der Waals surface area contributed by atoms with Crippen molar-refractivity contribution in [2.75, 3.05) is 25.0 Å². The van der Waals surface area contributed by atoms with Crippen molar-refractivity contribution in [3.05, 3.63) is 23.9 Å². The molecule has 0 radical (unpaired) electrons. The summed E-state index contributed by atoms with van der Waals surface area (Å²) in [5.74, 6) is 1.34. The molecule has 0 fully saturated rings. The van der Waals surface area contributed by atoms with Crippen LogP contribution >= 0.6 is 0 Å². The molecule has 1 atom stereocenters. The van der Waals surface area contributed by atoms with Crippen LogP contribution < -0.4 is 5.32 Å². The van der Waals surface area contributed by atoms with Gasteiger partial charge in [-0.05, 0) is 37.6 Å². The molecular formula is C16H26N4. The van der Waals surface area contributed by atoms with Gasteiger partial charge in [0.05, 0.1) is 5.56 Å². The van der Waals surface area contributed by atoms with Gasteiger partial charge in [0.25, 0.3) is 0 Å². The molecule has 0 saturated heterocycles. The Balaban J connectivity index is 2.73. The molecule has 1 aromatic heterocycles. The van der Waals surface area contributed by atoms with E-state index in [4.69, 9.17) is 5.26 Å². The number of aromatic nitrogens is 1. The van der Waals surface area contributed by atoms with Gasteiger partial charge in [-0.1, -0.05) is 27.7 Å². The number of pyridine rings is 1. The molecule has 0 aromatic carbocycles. The molecule has 1 aromatic rings. The third kappa shape index (κ3) is 4.82. The van der Waals surface area contributed by atoms with Gasteiger partial charge in [-0.2, -0.15) is 5.26 Å². The fraction of sp³-hybridized carbons (Fsp3) is 0.625. The SMILES string of the molecule is CCN(CC)[C@H](CNc1ncccc1C#N)CC(C)C. The number of anilines is 1. The van der Waals surface area contributed by atoms with E-state index in [1.54, 1.807) is 18.3 Å². The lowest BCUT2D eigenvalue weighted by atomic mass is 10.0. The predicted octanol–water partition coefficient (Wildman–Crippen LogP) is 3.12.